The number of para-hydroxylation sites is 3. The molecule has 0 atom stereocenters. The van der Waals surface area contributed by atoms with E-state index in [0.29, 0.717) is 0 Å². The van der Waals surface area contributed by atoms with E-state index in [1.807, 2.05) is 13.8 Å². The molecule has 6 aromatic carbocycles. The predicted molar refractivity (Wildman–Crippen MR) is 220 cm³/mol. The molecular weight excluding hydrogens is 617 g/mol. The van der Waals surface area contributed by atoms with E-state index in [9.17, 15) is 0 Å². The molecule has 2 aliphatic carbocycles. The van der Waals surface area contributed by atoms with Crippen LogP contribution in [0.25, 0.3) is 23.3 Å². The number of nitrogens with zero attached hydrogens (tertiary/aromatic N) is 2. The van der Waals surface area contributed by atoms with Gasteiger partial charge in [0.1, 0.15) is 0 Å². The second-order valence-electron chi connectivity index (χ2n) is 13.4. The third-order valence-electron chi connectivity index (χ3n) is 9.84. The molecule has 0 unspecified atom stereocenters. The van der Waals surface area contributed by atoms with E-state index in [-0.39, 0.29) is 5.41 Å². The molecule has 252 valence electrons. The monoisotopic (exact) mass is 662 g/mol. The molecule has 0 radical (unpaired) electrons. The molecule has 51 heavy (non-hydrogen) atoms. The maximum atomic E-state index is 2.41. The minimum Gasteiger partial charge on any atom is -0.311 e. The summed E-state index contributed by atoms with van der Waals surface area (Å²) in [5.74, 6) is 0. The standard InChI is InChI=1S/C47H40N2.C2H6/c1-47(2)45-33-36(24-23-35-25-28-41(29-26-35)48(37-15-7-3-8-16-37)38-17-9-4-10-18-38)27-31-43(45)44-32-30-42(34-46(44)47)49(39-19-11-5-12-20-39)40-21-13-6-14-22-40;1-2/h3-5,7-13,15-34H,6,14H2,1-2H3;1-2H3/b24-23+;. The van der Waals surface area contributed by atoms with Crippen LogP contribution >= 0.6 is 0 Å². The smallest absolute Gasteiger partial charge is 0.0464 e. The van der Waals surface area contributed by atoms with Crippen LogP contribution in [0.5, 0.6) is 0 Å². The highest BCUT2D eigenvalue weighted by Crippen LogP contribution is 2.51. The summed E-state index contributed by atoms with van der Waals surface area (Å²) < 4.78 is 0. The van der Waals surface area contributed by atoms with Crippen LogP contribution in [0.3, 0.4) is 0 Å². The molecule has 6 aromatic rings. The van der Waals surface area contributed by atoms with Gasteiger partial charge in [-0.25, -0.2) is 0 Å². The molecule has 0 fully saturated rings. The first-order valence-electron chi connectivity index (χ1n) is 18.3. The molecule has 0 amide bonds. The number of rotatable bonds is 8. The number of anilines is 5. The third kappa shape index (κ3) is 6.83. The lowest BCUT2D eigenvalue weighted by Crippen LogP contribution is -2.19. The van der Waals surface area contributed by atoms with Crippen LogP contribution in [0.15, 0.2) is 176 Å². The first kappa shape index (κ1) is 33.6. The predicted octanol–water partition coefficient (Wildman–Crippen LogP) is 14.0. The van der Waals surface area contributed by atoms with Crippen molar-refractivity contribution < 1.29 is 0 Å². The van der Waals surface area contributed by atoms with Gasteiger partial charge in [-0.1, -0.05) is 143 Å². The van der Waals surface area contributed by atoms with E-state index < -0.39 is 0 Å². The minimum absolute atomic E-state index is 0.121. The van der Waals surface area contributed by atoms with Crippen molar-refractivity contribution in [1.29, 1.82) is 0 Å². The molecular formula is C49H46N2. The highest BCUT2D eigenvalue weighted by atomic mass is 15.1. The average Bonchev–Trinajstić information content (AvgIpc) is 3.42. The van der Waals surface area contributed by atoms with Crippen molar-refractivity contribution in [3.63, 3.8) is 0 Å². The summed E-state index contributed by atoms with van der Waals surface area (Å²) in [5, 5.41) is 0. The lowest BCUT2D eigenvalue weighted by atomic mass is 9.81. The highest BCUT2D eigenvalue weighted by Gasteiger charge is 2.36. The Hall–Kier alpha value is -5.86. The Labute approximate surface area is 304 Å². The average molecular weight is 663 g/mol. The third-order valence-corrected chi connectivity index (χ3v) is 9.84. The molecule has 0 saturated carbocycles. The Kier molecular flexibility index (Phi) is 9.85. The second-order valence-corrected chi connectivity index (χ2v) is 13.4. The molecule has 2 nitrogen and oxygen atoms in total. The zero-order valence-corrected chi connectivity index (χ0v) is 30.1. The van der Waals surface area contributed by atoms with Crippen LogP contribution in [0.2, 0.25) is 0 Å². The Balaban J connectivity index is 0.00000200. The van der Waals surface area contributed by atoms with Crippen LogP contribution in [0.1, 0.15) is 62.8 Å². The number of allylic oxidation sites excluding steroid dienone is 3. The van der Waals surface area contributed by atoms with E-state index in [2.05, 4.69) is 206 Å². The van der Waals surface area contributed by atoms with E-state index in [0.717, 1.165) is 29.9 Å². The van der Waals surface area contributed by atoms with Crippen LogP contribution in [0, 0.1) is 0 Å². The van der Waals surface area contributed by atoms with Gasteiger partial charge in [0.15, 0.2) is 0 Å². The Bertz CT molecular complexity index is 2130. The van der Waals surface area contributed by atoms with Crippen molar-refractivity contribution in [2.24, 2.45) is 0 Å². The van der Waals surface area contributed by atoms with Crippen LogP contribution in [0.4, 0.5) is 28.4 Å². The van der Waals surface area contributed by atoms with E-state index in [1.54, 1.807) is 0 Å². The Morgan fingerprint density at radius 1 is 0.471 bits per heavy atom. The summed E-state index contributed by atoms with van der Waals surface area (Å²) in [7, 11) is 0. The maximum absolute atomic E-state index is 2.41. The summed E-state index contributed by atoms with van der Waals surface area (Å²) in [6, 6.07) is 54.6. The summed E-state index contributed by atoms with van der Waals surface area (Å²) in [6.07, 6.45) is 13.5. The molecule has 2 heteroatoms. The van der Waals surface area contributed by atoms with Crippen LogP contribution < -0.4 is 9.80 Å². The molecule has 0 bridgehead atoms. The van der Waals surface area contributed by atoms with Crippen molar-refractivity contribution >= 4 is 40.6 Å². The molecule has 0 spiro atoms. The van der Waals surface area contributed by atoms with Crippen molar-refractivity contribution in [2.75, 3.05) is 9.80 Å². The van der Waals surface area contributed by atoms with E-state index >= 15 is 0 Å². The second kappa shape index (κ2) is 14.9. The number of hydrogen-bond acceptors (Lipinski definition) is 2. The van der Waals surface area contributed by atoms with Gasteiger partial charge < -0.3 is 9.80 Å². The van der Waals surface area contributed by atoms with Gasteiger partial charge in [-0.2, -0.15) is 0 Å². The molecule has 2 aliphatic rings. The lowest BCUT2D eigenvalue weighted by Gasteiger charge is -2.29. The molecule has 0 saturated heterocycles. The lowest BCUT2D eigenvalue weighted by molar-refractivity contribution is 0.660. The summed E-state index contributed by atoms with van der Waals surface area (Å²) in [5.41, 5.74) is 14.7. The fraction of sp³-hybridized carbons (Fsp3) is 0.143. The molecule has 0 heterocycles. The van der Waals surface area contributed by atoms with Crippen LogP contribution in [-0.4, -0.2) is 0 Å². The van der Waals surface area contributed by atoms with Crippen molar-refractivity contribution in [3.05, 3.63) is 198 Å². The number of fused-ring (bicyclic) bond motifs is 3. The molecule has 0 aromatic heterocycles. The van der Waals surface area contributed by atoms with Gasteiger partial charge in [-0.3, -0.25) is 0 Å². The summed E-state index contributed by atoms with van der Waals surface area (Å²) in [6.45, 7) is 8.73. The highest BCUT2D eigenvalue weighted by molar-refractivity contribution is 5.86. The topological polar surface area (TPSA) is 6.48 Å². The van der Waals surface area contributed by atoms with Gasteiger partial charge in [0.2, 0.25) is 0 Å². The molecule has 0 N–H and O–H groups in total. The number of hydrogen-bond donors (Lipinski definition) is 0. The van der Waals surface area contributed by atoms with E-state index in [4.69, 9.17) is 0 Å². The first-order chi connectivity index (χ1) is 25.1. The normalized spacial score (nSPS) is 13.8. The first-order valence-corrected chi connectivity index (χ1v) is 18.3. The van der Waals surface area contributed by atoms with Crippen molar-refractivity contribution in [1.82, 2.24) is 0 Å². The molecule has 0 aliphatic heterocycles. The van der Waals surface area contributed by atoms with Crippen LogP contribution in [-0.2, 0) is 5.41 Å². The maximum Gasteiger partial charge on any atom is 0.0464 e. The van der Waals surface area contributed by atoms with Gasteiger partial charge in [0.25, 0.3) is 0 Å². The van der Waals surface area contributed by atoms with Crippen molar-refractivity contribution in [3.8, 4) is 11.1 Å². The van der Waals surface area contributed by atoms with Gasteiger partial charge in [-0.05, 0) is 113 Å². The zero-order valence-electron chi connectivity index (χ0n) is 30.1. The largest absolute Gasteiger partial charge is 0.311 e. The quantitative estimate of drug-likeness (QED) is 0.150. The molecule has 8 rings (SSSR count). The fourth-order valence-corrected chi connectivity index (χ4v) is 7.30. The van der Waals surface area contributed by atoms with Gasteiger partial charge in [-0.15, -0.1) is 0 Å². The minimum atomic E-state index is -0.121. The Morgan fingerprint density at radius 2 is 0.941 bits per heavy atom. The van der Waals surface area contributed by atoms with E-state index in [1.165, 1.54) is 50.5 Å². The summed E-state index contributed by atoms with van der Waals surface area (Å²) in [4.78, 5) is 4.69. The van der Waals surface area contributed by atoms with Gasteiger partial charge >= 0.3 is 0 Å². The van der Waals surface area contributed by atoms with Gasteiger partial charge in [0.05, 0.1) is 0 Å². The number of benzene rings is 6. The summed E-state index contributed by atoms with van der Waals surface area (Å²) >= 11 is 0. The SMILES string of the molecule is CC.CC1(C)c2cc(/C=C/c3ccc(N(c4ccccc4)c4ccccc4)cc3)ccc2-c2ccc(N(C3=CCCC=C3)c3ccccc3)cc21. The van der Waals surface area contributed by atoms with Gasteiger partial charge in [0, 0.05) is 39.5 Å². The zero-order chi connectivity index (χ0) is 35.2. The van der Waals surface area contributed by atoms with Crippen molar-refractivity contribution in [2.45, 2.75) is 46.0 Å². The fourth-order valence-electron chi connectivity index (χ4n) is 7.30. The Morgan fingerprint density at radius 3 is 1.51 bits per heavy atom.